The molecule has 0 aliphatic heterocycles. The molecule has 0 unspecified atom stereocenters. The second kappa shape index (κ2) is 11.6. The summed E-state index contributed by atoms with van der Waals surface area (Å²) in [6, 6.07) is 71.2. The van der Waals surface area contributed by atoms with Crippen molar-refractivity contribution in [1.82, 2.24) is 0 Å². The first kappa shape index (κ1) is 28.5. The van der Waals surface area contributed by atoms with E-state index in [1.165, 1.54) is 98.7 Å². The van der Waals surface area contributed by atoms with Gasteiger partial charge in [-0.05, 0) is 129 Å². The van der Waals surface area contributed by atoms with Crippen molar-refractivity contribution in [3.8, 4) is 55.6 Å². The summed E-state index contributed by atoms with van der Waals surface area (Å²) in [5, 5.41) is 10.6. The van der Waals surface area contributed by atoms with Crippen molar-refractivity contribution in [2.75, 3.05) is 0 Å². The van der Waals surface area contributed by atoms with E-state index in [0.29, 0.717) is 0 Å². The van der Waals surface area contributed by atoms with Crippen molar-refractivity contribution in [2.45, 2.75) is 0 Å². The lowest BCUT2D eigenvalue weighted by atomic mass is 9.86. The monoisotopic (exact) mass is 632 g/mol. The van der Waals surface area contributed by atoms with E-state index < -0.39 is 0 Å². The maximum atomic E-state index is 2.36. The molecule has 0 atom stereocenters. The second-order valence-electron chi connectivity index (χ2n) is 13.3. The average Bonchev–Trinajstić information content (AvgIpc) is 3.20. The molecule has 0 fully saturated rings. The number of benzene rings is 10. The summed E-state index contributed by atoms with van der Waals surface area (Å²) in [7, 11) is 0. The lowest BCUT2D eigenvalue weighted by Crippen LogP contribution is -1.89. The minimum Gasteiger partial charge on any atom is -0.0622 e. The third-order valence-electron chi connectivity index (χ3n) is 10.4. The molecule has 0 saturated heterocycles. The van der Waals surface area contributed by atoms with Crippen LogP contribution in [0.1, 0.15) is 0 Å². The fraction of sp³-hybridized carbons (Fsp3) is 0. The van der Waals surface area contributed by atoms with Gasteiger partial charge in [0.1, 0.15) is 0 Å². The van der Waals surface area contributed by atoms with Crippen LogP contribution in [0.15, 0.2) is 194 Å². The molecule has 0 heteroatoms. The summed E-state index contributed by atoms with van der Waals surface area (Å²) in [4.78, 5) is 0. The van der Waals surface area contributed by atoms with Crippen LogP contribution >= 0.6 is 0 Å². The van der Waals surface area contributed by atoms with Gasteiger partial charge in [-0.15, -0.1) is 0 Å². The second-order valence-corrected chi connectivity index (χ2v) is 13.3. The first-order valence-electron chi connectivity index (χ1n) is 17.3. The van der Waals surface area contributed by atoms with Crippen LogP contribution < -0.4 is 0 Å². The summed E-state index contributed by atoms with van der Waals surface area (Å²) < 4.78 is 0. The van der Waals surface area contributed by atoms with Crippen LogP contribution in [-0.4, -0.2) is 0 Å². The quantitative estimate of drug-likeness (QED) is 0.131. The van der Waals surface area contributed by atoms with Gasteiger partial charge < -0.3 is 0 Å². The van der Waals surface area contributed by atoms with Gasteiger partial charge in [0.15, 0.2) is 0 Å². The van der Waals surface area contributed by atoms with E-state index in [2.05, 4.69) is 194 Å². The molecule has 0 bridgehead atoms. The largest absolute Gasteiger partial charge is 0.0622 e. The molecule has 50 heavy (non-hydrogen) atoms. The normalized spacial score (nSPS) is 11.6. The van der Waals surface area contributed by atoms with Gasteiger partial charge in [-0.1, -0.05) is 164 Å². The molecule has 10 aromatic rings. The SMILES string of the molecule is c1ccc(-c2cc(-c3ccccc3)cc(-c3cccc(-c4cccc(-c5ccc6c7cccc8cccc(c9cccc5c96)c87)c4)c3)c2)cc1. The molecule has 0 aliphatic rings. The summed E-state index contributed by atoms with van der Waals surface area (Å²) >= 11 is 0. The van der Waals surface area contributed by atoms with Gasteiger partial charge in [0.05, 0.1) is 0 Å². The molecule has 0 aromatic heterocycles. The van der Waals surface area contributed by atoms with Crippen LogP contribution in [0.3, 0.4) is 0 Å². The Morgan fingerprint density at radius 2 is 0.580 bits per heavy atom. The van der Waals surface area contributed by atoms with Gasteiger partial charge >= 0.3 is 0 Å². The van der Waals surface area contributed by atoms with Crippen LogP contribution in [0.25, 0.3) is 98.7 Å². The minimum atomic E-state index is 1.21. The highest BCUT2D eigenvalue weighted by Crippen LogP contribution is 2.43. The Morgan fingerprint density at radius 1 is 0.200 bits per heavy atom. The lowest BCUT2D eigenvalue weighted by Gasteiger charge is -2.17. The number of fused-ring (bicyclic) bond motifs is 2. The predicted octanol–water partition coefficient (Wildman–Crippen LogP) is 14.1. The first-order valence-corrected chi connectivity index (χ1v) is 17.3. The topological polar surface area (TPSA) is 0 Å². The molecular weight excluding hydrogens is 601 g/mol. The zero-order valence-corrected chi connectivity index (χ0v) is 27.5. The van der Waals surface area contributed by atoms with E-state index in [-0.39, 0.29) is 0 Å². The van der Waals surface area contributed by atoms with Gasteiger partial charge in [0.2, 0.25) is 0 Å². The van der Waals surface area contributed by atoms with Crippen molar-refractivity contribution in [3.63, 3.8) is 0 Å². The molecule has 0 amide bonds. The maximum absolute atomic E-state index is 2.36. The Morgan fingerprint density at radius 3 is 1.18 bits per heavy atom. The van der Waals surface area contributed by atoms with Crippen LogP contribution in [0, 0.1) is 0 Å². The van der Waals surface area contributed by atoms with Gasteiger partial charge in [-0.2, -0.15) is 0 Å². The average molecular weight is 633 g/mol. The zero-order valence-electron chi connectivity index (χ0n) is 27.5. The van der Waals surface area contributed by atoms with Gasteiger partial charge in [0.25, 0.3) is 0 Å². The van der Waals surface area contributed by atoms with E-state index >= 15 is 0 Å². The summed E-state index contributed by atoms with van der Waals surface area (Å²) in [5.74, 6) is 0. The van der Waals surface area contributed by atoms with Crippen molar-refractivity contribution in [1.29, 1.82) is 0 Å². The summed E-state index contributed by atoms with van der Waals surface area (Å²) in [6.07, 6.45) is 0. The fourth-order valence-corrected chi connectivity index (χ4v) is 8.03. The summed E-state index contributed by atoms with van der Waals surface area (Å²) in [5.41, 5.74) is 12.2. The van der Waals surface area contributed by atoms with E-state index in [1.54, 1.807) is 0 Å². The van der Waals surface area contributed by atoms with Crippen LogP contribution in [0.2, 0.25) is 0 Å². The van der Waals surface area contributed by atoms with Crippen molar-refractivity contribution in [2.24, 2.45) is 0 Å². The number of rotatable bonds is 5. The fourth-order valence-electron chi connectivity index (χ4n) is 8.03. The zero-order chi connectivity index (χ0) is 33.0. The molecule has 0 aliphatic carbocycles. The smallest absolute Gasteiger partial charge is 0.00201 e. The highest BCUT2D eigenvalue weighted by molar-refractivity contribution is 6.34. The molecule has 0 radical (unpaired) electrons. The molecule has 0 N–H and O–H groups in total. The van der Waals surface area contributed by atoms with E-state index in [4.69, 9.17) is 0 Å². The first-order chi connectivity index (χ1) is 24.8. The highest BCUT2D eigenvalue weighted by atomic mass is 14.2. The third kappa shape index (κ3) is 4.69. The molecule has 0 spiro atoms. The molecule has 10 rings (SSSR count). The molecule has 0 saturated carbocycles. The highest BCUT2D eigenvalue weighted by Gasteiger charge is 2.16. The summed E-state index contributed by atoms with van der Waals surface area (Å²) in [6.45, 7) is 0. The third-order valence-corrected chi connectivity index (χ3v) is 10.4. The Hall–Kier alpha value is -6.50. The molecule has 0 nitrogen and oxygen atoms in total. The van der Waals surface area contributed by atoms with E-state index in [0.717, 1.165) is 0 Å². The molecular formula is C50H32. The Bertz CT molecular complexity index is 2740. The van der Waals surface area contributed by atoms with Gasteiger partial charge in [-0.25, -0.2) is 0 Å². The lowest BCUT2D eigenvalue weighted by molar-refractivity contribution is 1.55. The molecule has 10 aromatic carbocycles. The number of hydrogen-bond donors (Lipinski definition) is 0. The maximum Gasteiger partial charge on any atom is -0.00201 e. The van der Waals surface area contributed by atoms with E-state index in [9.17, 15) is 0 Å². The molecule has 0 heterocycles. The Kier molecular flexibility index (Phi) is 6.60. The Labute approximate surface area is 291 Å². The number of hydrogen-bond acceptors (Lipinski definition) is 0. The van der Waals surface area contributed by atoms with Crippen LogP contribution in [0.4, 0.5) is 0 Å². The standard InChI is InChI=1S/C50H32/c1-3-12-33(13-4-1)40-30-41(34-14-5-2-6-15-34)32-42(31-40)38-20-7-18-36(28-38)37-19-8-21-39(29-37)43-26-27-48-46-23-10-17-35-16-9-22-45(49(35)46)47-25-11-24-44(43)50(47)48/h1-32H. The van der Waals surface area contributed by atoms with Crippen LogP contribution in [0.5, 0.6) is 0 Å². The predicted molar refractivity (Wildman–Crippen MR) is 215 cm³/mol. The Balaban J connectivity index is 1.10. The van der Waals surface area contributed by atoms with Crippen LogP contribution in [-0.2, 0) is 0 Å². The van der Waals surface area contributed by atoms with Crippen molar-refractivity contribution >= 4 is 43.1 Å². The minimum absolute atomic E-state index is 1.21. The van der Waals surface area contributed by atoms with Crippen molar-refractivity contribution < 1.29 is 0 Å². The van der Waals surface area contributed by atoms with Crippen molar-refractivity contribution in [3.05, 3.63) is 194 Å². The molecule has 232 valence electrons. The van der Waals surface area contributed by atoms with Gasteiger partial charge in [0, 0.05) is 0 Å². The van der Waals surface area contributed by atoms with Gasteiger partial charge in [-0.3, -0.25) is 0 Å². The van der Waals surface area contributed by atoms with E-state index in [1.807, 2.05) is 0 Å².